The van der Waals surface area contributed by atoms with E-state index < -0.39 is 35.2 Å². The lowest BCUT2D eigenvalue weighted by molar-refractivity contribution is -0.170. The number of methoxy groups -OCH3 is 4. The van der Waals surface area contributed by atoms with Gasteiger partial charge in [-0.3, -0.25) is 19.2 Å². The summed E-state index contributed by atoms with van der Waals surface area (Å²) >= 11 is 0. The minimum atomic E-state index is -1.49. The number of hydrogen-bond acceptors (Lipinski definition) is 8. The number of rotatable bonds is 11. The number of unbranched alkanes of at least 4 members (excludes halogenated alkanes) is 1. The van der Waals surface area contributed by atoms with Crippen molar-refractivity contribution in [3.8, 4) is 0 Å². The molecule has 0 rings (SSSR count). The van der Waals surface area contributed by atoms with Crippen LogP contribution in [-0.4, -0.2) is 52.3 Å². The molecule has 0 N–H and O–H groups in total. The zero-order valence-electron chi connectivity index (χ0n) is 15.3. The van der Waals surface area contributed by atoms with Crippen LogP contribution in [0.5, 0.6) is 0 Å². The van der Waals surface area contributed by atoms with Gasteiger partial charge in [0.05, 0.1) is 28.4 Å². The minimum Gasteiger partial charge on any atom is -0.468 e. The topological polar surface area (TPSA) is 105 Å². The van der Waals surface area contributed by atoms with E-state index in [2.05, 4.69) is 16.4 Å². The van der Waals surface area contributed by atoms with Crippen molar-refractivity contribution in [2.45, 2.75) is 38.5 Å². The fourth-order valence-corrected chi connectivity index (χ4v) is 2.66. The summed E-state index contributed by atoms with van der Waals surface area (Å²) in [6, 6.07) is 0. The highest BCUT2D eigenvalue weighted by Crippen LogP contribution is 2.35. The van der Waals surface area contributed by atoms with Crippen LogP contribution in [0.4, 0.5) is 0 Å². The molecule has 0 aliphatic rings. The van der Waals surface area contributed by atoms with Crippen molar-refractivity contribution < 1.29 is 38.1 Å². The van der Waals surface area contributed by atoms with Crippen molar-refractivity contribution in [3.63, 3.8) is 0 Å². The van der Waals surface area contributed by atoms with Crippen LogP contribution in [-0.2, 0) is 38.1 Å². The normalized spacial score (nSPS) is 11.0. The Bertz CT molecular complexity index is 439. The molecule has 0 heterocycles. The second-order valence-corrected chi connectivity index (χ2v) is 5.51. The van der Waals surface area contributed by atoms with Crippen molar-refractivity contribution >= 4 is 23.9 Å². The Labute approximate surface area is 148 Å². The summed E-state index contributed by atoms with van der Waals surface area (Å²) in [5.74, 6) is -3.99. The van der Waals surface area contributed by atoms with Gasteiger partial charge in [0.1, 0.15) is 0 Å². The summed E-state index contributed by atoms with van der Waals surface area (Å²) in [5.41, 5.74) is -1.49. The SMILES string of the molecule is [CH2]CCCC(CCCC(C(=O)OC)C(=O)OC)(C(=O)OC)C(=O)OC. The summed E-state index contributed by atoms with van der Waals surface area (Å²) in [4.78, 5) is 47.9. The first-order chi connectivity index (χ1) is 11.8. The van der Waals surface area contributed by atoms with Crippen LogP contribution in [0.2, 0.25) is 0 Å². The van der Waals surface area contributed by atoms with Gasteiger partial charge in [-0.05, 0) is 19.3 Å². The van der Waals surface area contributed by atoms with E-state index in [0.29, 0.717) is 12.8 Å². The smallest absolute Gasteiger partial charge is 0.323 e. The highest BCUT2D eigenvalue weighted by Gasteiger charge is 2.47. The van der Waals surface area contributed by atoms with E-state index in [9.17, 15) is 19.2 Å². The Morgan fingerprint density at radius 3 is 1.60 bits per heavy atom. The zero-order valence-corrected chi connectivity index (χ0v) is 15.3. The van der Waals surface area contributed by atoms with E-state index in [4.69, 9.17) is 9.47 Å². The molecule has 0 amide bonds. The van der Waals surface area contributed by atoms with E-state index in [-0.39, 0.29) is 25.7 Å². The molecule has 0 unspecified atom stereocenters. The molecule has 0 aliphatic carbocycles. The Morgan fingerprint density at radius 2 is 1.24 bits per heavy atom. The molecule has 0 aromatic heterocycles. The van der Waals surface area contributed by atoms with Gasteiger partial charge >= 0.3 is 23.9 Å². The molecular formula is C17H27O8. The lowest BCUT2D eigenvalue weighted by atomic mass is 9.77. The van der Waals surface area contributed by atoms with Crippen molar-refractivity contribution in [2.75, 3.05) is 28.4 Å². The molecule has 0 spiro atoms. The molecule has 143 valence electrons. The fourth-order valence-electron chi connectivity index (χ4n) is 2.66. The first kappa shape index (κ1) is 22.9. The maximum absolute atomic E-state index is 12.3. The van der Waals surface area contributed by atoms with E-state index in [0.717, 1.165) is 0 Å². The highest BCUT2D eigenvalue weighted by atomic mass is 16.6. The van der Waals surface area contributed by atoms with Crippen molar-refractivity contribution in [3.05, 3.63) is 6.92 Å². The Morgan fingerprint density at radius 1 is 0.800 bits per heavy atom. The maximum Gasteiger partial charge on any atom is 0.323 e. The van der Waals surface area contributed by atoms with Crippen LogP contribution in [0, 0.1) is 18.3 Å². The van der Waals surface area contributed by atoms with Gasteiger partial charge < -0.3 is 18.9 Å². The average Bonchev–Trinajstić information content (AvgIpc) is 2.65. The third-order valence-electron chi connectivity index (χ3n) is 4.07. The molecular weight excluding hydrogens is 332 g/mol. The molecule has 1 radical (unpaired) electrons. The van der Waals surface area contributed by atoms with Crippen molar-refractivity contribution in [2.24, 2.45) is 11.3 Å². The van der Waals surface area contributed by atoms with E-state index in [1.165, 1.54) is 28.4 Å². The number of ether oxygens (including phenoxy) is 4. The summed E-state index contributed by atoms with van der Waals surface area (Å²) in [6.45, 7) is 3.71. The van der Waals surface area contributed by atoms with E-state index in [1.807, 2.05) is 0 Å². The standard InChI is InChI=1S/C17H27O8/c1-6-7-10-17(15(20)24-4,16(21)25-5)11-8-9-12(13(18)22-2)14(19)23-3/h12H,1,6-11H2,2-5H3. The Kier molecular flexibility index (Phi) is 10.5. The Hall–Kier alpha value is -2.12. The largest absolute Gasteiger partial charge is 0.468 e. The van der Waals surface area contributed by atoms with Crippen LogP contribution in [0.3, 0.4) is 0 Å². The summed E-state index contributed by atoms with van der Waals surface area (Å²) < 4.78 is 18.8. The lowest BCUT2D eigenvalue weighted by Gasteiger charge is -2.28. The molecule has 0 saturated heterocycles. The number of carbonyl (C=O) groups is 4. The summed E-state index contributed by atoms with van der Waals surface area (Å²) in [7, 11) is 4.71. The second kappa shape index (κ2) is 11.4. The fraction of sp³-hybridized carbons (Fsp3) is 0.706. The van der Waals surface area contributed by atoms with Crippen molar-refractivity contribution in [1.82, 2.24) is 0 Å². The Balaban J connectivity index is 5.29. The lowest BCUT2D eigenvalue weighted by Crippen LogP contribution is -2.41. The van der Waals surface area contributed by atoms with Crippen LogP contribution >= 0.6 is 0 Å². The molecule has 0 aromatic carbocycles. The average molecular weight is 359 g/mol. The van der Waals surface area contributed by atoms with Gasteiger partial charge in [0.15, 0.2) is 11.3 Å². The predicted octanol–water partition coefficient (Wildman–Crippen LogP) is 1.46. The molecule has 0 aromatic rings. The minimum absolute atomic E-state index is 0.0663. The third kappa shape index (κ3) is 6.03. The van der Waals surface area contributed by atoms with Gasteiger partial charge in [-0.1, -0.05) is 26.2 Å². The molecule has 8 nitrogen and oxygen atoms in total. The van der Waals surface area contributed by atoms with Gasteiger partial charge in [-0.15, -0.1) is 0 Å². The first-order valence-electron chi connectivity index (χ1n) is 7.96. The van der Waals surface area contributed by atoms with Crippen LogP contribution in [0.15, 0.2) is 0 Å². The maximum atomic E-state index is 12.3. The zero-order chi connectivity index (χ0) is 19.5. The van der Waals surface area contributed by atoms with Crippen LogP contribution in [0.25, 0.3) is 0 Å². The molecule has 0 saturated carbocycles. The molecule has 25 heavy (non-hydrogen) atoms. The van der Waals surface area contributed by atoms with Crippen molar-refractivity contribution in [1.29, 1.82) is 0 Å². The van der Waals surface area contributed by atoms with E-state index in [1.54, 1.807) is 0 Å². The molecule has 8 heteroatoms. The van der Waals surface area contributed by atoms with Gasteiger partial charge in [-0.25, -0.2) is 0 Å². The van der Waals surface area contributed by atoms with Gasteiger partial charge in [-0.2, -0.15) is 0 Å². The van der Waals surface area contributed by atoms with Crippen LogP contribution in [0.1, 0.15) is 38.5 Å². The summed E-state index contributed by atoms with van der Waals surface area (Å²) in [6.07, 6.45) is 1.60. The second-order valence-electron chi connectivity index (χ2n) is 5.51. The number of hydrogen-bond donors (Lipinski definition) is 0. The van der Waals surface area contributed by atoms with Gasteiger partial charge in [0.2, 0.25) is 0 Å². The van der Waals surface area contributed by atoms with Crippen LogP contribution < -0.4 is 0 Å². The third-order valence-corrected chi connectivity index (χ3v) is 4.07. The predicted molar refractivity (Wildman–Crippen MR) is 87.0 cm³/mol. The molecule has 0 bridgehead atoms. The molecule has 0 atom stereocenters. The number of esters is 4. The highest BCUT2D eigenvalue weighted by molar-refractivity contribution is 6.00. The first-order valence-corrected chi connectivity index (χ1v) is 7.96. The summed E-state index contributed by atoms with van der Waals surface area (Å²) in [5, 5.41) is 0. The van der Waals surface area contributed by atoms with E-state index >= 15 is 0 Å². The molecule has 0 aliphatic heterocycles. The van der Waals surface area contributed by atoms with Gasteiger partial charge in [0.25, 0.3) is 0 Å². The number of carbonyl (C=O) groups excluding carboxylic acids is 4. The monoisotopic (exact) mass is 359 g/mol. The quantitative estimate of drug-likeness (QED) is 0.310. The van der Waals surface area contributed by atoms with Gasteiger partial charge in [0, 0.05) is 0 Å². The molecule has 0 fully saturated rings.